The van der Waals surface area contributed by atoms with Crippen molar-refractivity contribution in [3.63, 3.8) is 0 Å². The monoisotopic (exact) mass is 316 g/mol. The highest BCUT2D eigenvalue weighted by Gasteiger charge is 2.25. The van der Waals surface area contributed by atoms with E-state index in [9.17, 15) is 9.59 Å². The summed E-state index contributed by atoms with van der Waals surface area (Å²) in [4.78, 5) is 23.8. The Labute approximate surface area is 114 Å². The largest absolute Gasteiger partial charge is 0.467 e. The van der Waals surface area contributed by atoms with Gasteiger partial charge in [0.05, 0.1) is 7.11 Å². The molecule has 0 fully saturated rings. The van der Waals surface area contributed by atoms with Crippen LogP contribution in [0.3, 0.4) is 0 Å². The first kappa shape index (κ1) is 14.9. The molecule has 0 amide bonds. The van der Waals surface area contributed by atoms with E-state index in [4.69, 9.17) is 4.74 Å². The summed E-state index contributed by atoms with van der Waals surface area (Å²) in [5.74, 6) is -0.196. The van der Waals surface area contributed by atoms with E-state index in [1.54, 1.807) is 13.0 Å². The van der Waals surface area contributed by atoms with Gasteiger partial charge in [-0.2, -0.15) is 5.10 Å². The van der Waals surface area contributed by atoms with Crippen LogP contribution in [0.2, 0.25) is 0 Å². The summed E-state index contributed by atoms with van der Waals surface area (Å²) in [6, 6.07) is 0.946. The third kappa shape index (κ3) is 3.41. The fraction of sp³-hybridized carbons (Fsp3) is 0.583. The molecule has 0 aliphatic carbocycles. The van der Waals surface area contributed by atoms with Crippen LogP contribution in [0.1, 0.15) is 31.9 Å². The zero-order valence-electron chi connectivity index (χ0n) is 10.9. The lowest BCUT2D eigenvalue weighted by atomic mass is 10.0. The molecule has 1 rings (SSSR count). The lowest BCUT2D eigenvalue weighted by Gasteiger charge is -2.18. The summed E-state index contributed by atoms with van der Waals surface area (Å²) in [7, 11) is 1.31. The highest BCUT2D eigenvalue weighted by atomic mass is 79.9. The Morgan fingerprint density at radius 2 is 2.17 bits per heavy atom. The van der Waals surface area contributed by atoms with Crippen LogP contribution in [-0.4, -0.2) is 22.9 Å². The molecule has 5 nitrogen and oxygen atoms in total. The number of ether oxygens (including phenoxy) is 1. The molecular weight excluding hydrogens is 300 g/mol. The Morgan fingerprint density at radius 3 is 2.67 bits per heavy atom. The van der Waals surface area contributed by atoms with E-state index in [1.807, 2.05) is 13.8 Å². The Morgan fingerprint density at radius 1 is 1.56 bits per heavy atom. The van der Waals surface area contributed by atoms with Crippen molar-refractivity contribution in [2.75, 3.05) is 7.11 Å². The van der Waals surface area contributed by atoms with Crippen LogP contribution < -0.4 is 5.56 Å². The maximum absolute atomic E-state index is 12.0. The Kier molecular flexibility index (Phi) is 5.07. The Bertz CT molecular complexity index is 497. The molecule has 0 aliphatic heterocycles. The number of nitrogens with zero attached hydrogens (tertiary/aromatic N) is 2. The Hall–Kier alpha value is -1.17. The predicted octanol–water partition coefficient (Wildman–Crippen LogP) is 2.07. The van der Waals surface area contributed by atoms with Crippen molar-refractivity contribution >= 4 is 21.9 Å². The molecule has 0 bridgehead atoms. The van der Waals surface area contributed by atoms with Gasteiger partial charge in [0, 0.05) is 5.56 Å². The molecule has 0 saturated heterocycles. The maximum atomic E-state index is 12.0. The number of esters is 1. The topological polar surface area (TPSA) is 61.2 Å². The lowest BCUT2D eigenvalue weighted by molar-refractivity contribution is -0.145. The molecule has 0 aromatic carbocycles. The first-order valence-electron chi connectivity index (χ1n) is 5.70. The number of methoxy groups -OCH3 is 1. The second kappa shape index (κ2) is 6.13. The third-order valence-electron chi connectivity index (χ3n) is 2.55. The smallest absolute Gasteiger partial charge is 0.330 e. The average Bonchev–Trinajstić information content (AvgIpc) is 2.29. The van der Waals surface area contributed by atoms with Crippen LogP contribution >= 0.6 is 15.9 Å². The number of rotatable bonds is 4. The third-order valence-corrected chi connectivity index (χ3v) is 2.93. The molecule has 1 aromatic rings. The molecule has 18 heavy (non-hydrogen) atoms. The highest BCUT2D eigenvalue weighted by Crippen LogP contribution is 2.18. The summed E-state index contributed by atoms with van der Waals surface area (Å²) in [5.41, 5.74) is 0.267. The minimum Gasteiger partial charge on any atom is -0.467 e. The molecule has 6 heteroatoms. The van der Waals surface area contributed by atoms with E-state index in [0.717, 1.165) is 0 Å². The van der Waals surface area contributed by atoms with Crippen molar-refractivity contribution in [3.05, 3.63) is 26.6 Å². The van der Waals surface area contributed by atoms with Gasteiger partial charge >= 0.3 is 5.97 Å². The van der Waals surface area contributed by atoms with Crippen LogP contribution in [-0.2, 0) is 9.53 Å². The first-order chi connectivity index (χ1) is 8.36. The molecule has 100 valence electrons. The van der Waals surface area contributed by atoms with E-state index in [2.05, 4.69) is 21.0 Å². The van der Waals surface area contributed by atoms with Crippen LogP contribution in [0.5, 0.6) is 0 Å². The van der Waals surface area contributed by atoms with E-state index >= 15 is 0 Å². The summed E-state index contributed by atoms with van der Waals surface area (Å²) in [6.45, 7) is 5.65. The SMILES string of the molecule is COC(=O)[C@H](CC(C)C)n1nc(Br)cc(C)c1=O. The first-order valence-corrected chi connectivity index (χ1v) is 6.50. The predicted molar refractivity (Wildman–Crippen MR) is 71.4 cm³/mol. The second-order valence-electron chi connectivity index (χ2n) is 4.57. The van der Waals surface area contributed by atoms with Gasteiger partial charge in [-0.25, -0.2) is 9.48 Å². The molecule has 0 unspecified atom stereocenters. The number of hydrogen-bond acceptors (Lipinski definition) is 4. The molecule has 0 radical (unpaired) electrons. The Balaban J connectivity index is 3.28. The van der Waals surface area contributed by atoms with Crippen molar-refractivity contribution in [2.24, 2.45) is 5.92 Å². The summed E-state index contributed by atoms with van der Waals surface area (Å²) in [6.07, 6.45) is 0.509. The second-order valence-corrected chi connectivity index (χ2v) is 5.38. The number of carbonyl (C=O) groups excluding carboxylic acids is 1. The fourth-order valence-electron chi connectivity index (χ4n) is 1.69. The number of halogens is 1. The van der Waals surface area contributed by atoms with Gasteiger partial charge in [0.15, 0.2) is 6.04 Å². The van der Waals surface area contributed by atoms with Crippen molar-refractivity contribution < 1.29 is 9.53 Å². The van der Waals surface area contributed by atoms with Gasteiger partial charge in [0.25, 0.3) is 5.56 Å². The van der Waals surface area contributed by atoms with Crippen LogP contribution in [0.25, 0.3) is 0 Å². The molecule has 1 heterocycles. The minimum atomic E-state index is -0.682. The lowest BCUT2D eigenvalue weighted by Crippen LogP contribution is -2.34. The number of aryl methyl sites for hydroxylation is 1. The molecule has 0 saturated carbocycles. The van der Waals surface area contributed by atoms with Crippen molar-refractivity contribution in [1.29, 1.82) is 0 Å². The summed E-state index contributed by atoms with van der Waals surface area (Å²) < 4.78 is 6.47. The molecule has 1 aromatic heterocycles. The summed E-state index contributed by atoms with van der Waals surface area (Å²) in [5, 5.41) is 4.08. The molecule has 0 spiro atoms. The van der Waals surface area contributed by atoms with E-state index in [-0.39, 0.29) is 11.5 Å². The molecule has 0 aliphatic rings. The van der Waals surface area contributed by atoms with Crippen LogP contribution in [0, 0.1) is 12.8 Å². The number of aromatic nitrogens is 2. The maximum Gasteiger partial charge on any atom is 0.330 e. The van der Waals surface area contributed by atoms with E-state index in [1.165, 1.54) is 11.8 Å². The summed E-state index contributed by atoms with van der Waals surface area (Å²) >= 11 is 3.23. The van der Waals surface area contributed by atoms with Gasteiger partial charge in [-0.05, 0) is 41.3 Å². The van der Waals surface area contributed by atoms with Gasteiger partial charge < -0.3 is 4.74 Å². The van der Waals surface area contributed by atoms with Gasteiger partial charge in [0.1, 0.15) is 4.60 Å². The van der Waals surface area contributed by atoms with Gasteiger partial charge in [0.2, 0.25) is 0 Å². The normalized spacial score (nSPS) is 12.6. The quantitative estimate of drug-likeness (QED) is 0.798. The van der Waals surface area contributed by atoms with Crippen LogP contribution in [0.15, 0.2) is 15.5 Å². The molecular formula is C12H17BrN2O3. The molecule has 1 atom stereocenters. The van der Waals surface area contributed by atoms with E-state index < -0.39 is 12.0 Å². The number of hydrogen-bond donors (Lipinski definition) is 0. The average molecular weight is 317 g/mol. The van der Waals surface area contributed by atoms with Crippen molar-refractivity contribution in [3.8, 4) is 0 Å². The van der Waals surface area contributed by atoms with E-state index in [0.29, 0.717) is 16.6 Å². The zero-order valence-corrected chi connectivity index (χ0v) is 12.5. The van der Waals surface area contributed by atoms with Crippen molar-refractivity contribution in [2.45, 2.75) is 33.2 Å². The van der Waals surface area contributed by atoms with Crippen molar-refractivity contribution in [1.82, 2.24) is 9.78 Å². The van der Waals surface area contributed by atoms with Crippen LogP contribution in [0.4, 0.5) is 0 Å². The molecule has 0 N–H and O–H groups in total. The van der Waals surface area contributed by atoms with Gasteiger partial charge in [-0.1, -0.05) is 13.8 Å². The zero-order chi connectivity index (χ0) is 13.9. The highest BCUT2D eigenvalue weighted by molar-refractivity contribution is 9.10. The van der Waals surface area contributed by atoms with Gasteiger partial charge in [-0.3, -0.25) is 4.79 Å². The van der Waals surface area contributed by atoms with Gasteiger partial charge in [-0.15, -0.1) is 0 Å². The minimum absolute atomic E-state index is 0.252. The fourth-order valence-corrected chi connectivity index (χ4v) is 2.20. The number of carbonyl (C=O) groups is 1. The standard InChI is InChI=1S/C12H17BrN2O3/c1-7(2)5-9(12(17)18-4)15-11(16)8(3)6-10(13)14-15/h6-7,9H,5H2,1-4H3/t9-/m0/s1.